The summed E-state index contributed by atoms with van der Waals surface area (Å²) in [4.78, 5) is 11.7. The van der Waals surface area contributed by atoms with E-state index in [1.807, 2.05) is 30.8 Å². The maximum Gasteiger partial charge on any atom is 0.240 e. The Balaban J connectivity index is 1.77. The van der Waals surface area contributed by atoms with Crippen LogP contribution in [-0.2, 0) is 4.79 Å². The molecule has 0 fully saturated rings. The molecule has 7 nitrogen and oxygen atoms in total. The molecule has 0 aliphatic carbocycles. The summed E-state index contributed by atoms with van der Waals surface area (Å²) >= 11 is 1.29. The quantitative estimate of drug-likeness (QED) is 0.821. The summed E-state index contributed by atoms with van der Waals surface area (Å²) in [5.41, 5.74) is 1.57. The van der Waals surface area contributed by atoms with E-state index in [4.69, 9.17) is 0 Å². The third-order valence-electron chi connectivity index (χ3n) is 2.86. The average molecular weight is 280 g/mol. The van der Waals surface area contributed by atoms with Crippen molar-refractivity contribution in [2.75, 3.05) is 11.9 Å². The third-order valence-corrected chi connectivity index (χ3v) is 3.46. The SMILES string of the molecule is C[C@H](NCC(=O)Nc1nncs1)[C@H](C)n1cccn1. The van der Waals surface area contributed by atoms with Crippen LogP contribution in [0.15, 0.2) is 24.0 Å². The van der Waals surface area contributed by atoms with Crippen LogP contribution in [0.2, 0.25) is 0 Å². The second-order valence-corrected chi connectivity index (χ2v) is 5.02. The van der Waals surface area contributed by atoms with E-state index >= 15 is 0 Å². The first-order chi connectivity index (χ1) is 9.16. The number of nitrogens with zero attached hydrogens (tertiary/aromatic N) is 4. The fourth-order valence-electron chi connectivity index (χ4n) is 1.57. The van der Waals surface area contributed by atoms with Crippen molar-refractivity contribution in [1.29, 1.82) is 0 Å². The molecular weight excluding hydrogens is 264 g/mol. The number of nitrogens with one attached hydrogen (secondary N) is 2. The maximum absolute atomic E-state index is 11.7. The number of aromatic nitrogens is 4. The number of carbonyl (C=O) groups excluding carboxylic acids is 1. The molecule has 0 aliphatic heterocycles. The molecule has 8 heteroatoms. The van der Waals surface area contributed by atoms with E-state index in [0.29, 0.717) is 5.13 Å². The number of carbonyl (C=O) groups is 1. The van der Waals surface area contributed by atoms with Gasteiger partial charge in [-0.1, -0.05) is 11.3 Å². The fraction of sp³-hybridized carbons (Fsp3) is 0.455. The predicted molar refractivity (Wildman–Crippen MR) is 72.9 cm³/mol. The lowest BCUT2D eigenvalue weighted by Crippen LogP contribution is -2.39. The molecule has 0 saturated heterocycles. The molecule has 0 spiro atoms. The summed E-state index contributed by atoms with van der Waals surface area (Å²) < 4.78 is 1.86. The normalized spacial score (nSPS) is 14.0. The number of amides is 1. The predicted octanol–water partition coefficient (Wildman–Crippen LogP) is 0.912. The molecule has 2 atom stereocenters. The van der Waals surface area contributed by atoms with Gasteiger partial charge in [-0.25, -0.2) is 0 Å². The van der Waals surface area contributed by atoms with Crippen LogP contribution in [-0.4, -0.2) is 38.5 Å². The Labute approximate surface area is 115 Å². The molecule has 2 rings (SSSR count). The second-order valence-electron chi connectivity index (χ2n) is 4.19. The minimum absolute atomic E-state index is 0.125. The average Bonchev–Trinajstić information content (AvgIpc) is 3.07. The molecule has 0 unspecified atom stereocenters. The van der Waals surface area contributed by atoms with Gasteiger partial charge in [0.1, 0.15) is 5.51 Å². The van der Waals surface area contributed by atoms with Gasteiger partial charge in [-0.2, -0.15) is 5.10 Å². The van der Waals surface area contributed by atoms with Crippen molar-refractivity contribution in [1.82, 2.24) is 25.3 Å². The van der Waals surface area contributed by atoms with Crippen LogP contribution >= 0.6 is 11.3 Å². The summed E-state index contributed by atoms with van der Waals surface area (Å²) in [6.45, 7) is 4.30. The van der Waals surface area contributed by atoms with Crippen LogP contribution in [0.5, 0.6) is 0 Å². The van der Waals surface area contributed by atoms with Gasteiger partial charge >= 0.3 is 0 Å². The molecule has 0 aromatic carbocycles. The first kappa shape index (κ1) is 13.6. The van der Waals surface area contributed by atoms with Crippen molar-refractivity contribution >= 4 is 22.4 Å². The third kappa shape index (κ3) is 3.83. The van der Waals surface area contributed by atoms with Crippen LogP contribution in [0.4, 0.5) is 5.13 Å². The minimum atomic E-state index is -0.128. The Morgan fingerprint density at radius 3 is 3.00 bits per heavy atom. The van der Waals surface area contributed by atoms with Crippen LogP contribution in [0.3, 0.4) is 0 Å². The first-order valence-electron chi connectivity index (χ1n) is 5.95. The highest BCUT2D eigenvalue weighted by atomic mass is 32.1. The summed E-state index contributed by atoms with van der Waals surface area (Å²) in [6, 6.07) is 2.18. The number of anilines is 1. The Kier molecular flexibility index (Phi) is 4.58. The Hall–Kier alpha value is -1.80. The number of hydrogen-bond acceptors (Lipinski definition) is 6. The van der Waals surface area contributed by atoms with Crippen LogP contribution in [0.1, 0.15) is 19.9 Å². The van der Waals surface area contributed by atoms with E-state index < -0.39 is 0 Å². The Bertz CT molecular complexity index is 497. The van der Waals surface area contributed by atoms with Gasteiger partial charge in [0.2, 0.25) is 11.0 Å². The second kappa shape index (κ2) is 6.39. The van der Waals surface area contributed by atoms with Gasteiger partial charge in [-0.15, -0.1) is 10.2 Å². The smallest absolute Gasteiger partial charge is 0.240 e. The first-order valence-corrected chi connectivity index (χ1v) is 6.83. The lowest BCUT2D eigenvalue weighted by Gasteiger charge is -2.21. The molecular formula is C11H16N6OS. The van der Waals surface area contributed by atoms with E-state index in [1.165, 1.54) is 11.3 Å². The van der Waals surface area contributed by atoms with Gasteiger partial charge in [-0.05, 0) is 19.9 Å². The van der Waals surface area contributed by atoms with Crippen molar-refractivity contribution in [3.8, 4) is 0 Å². The van der Waals surface area contributed by atoms with Crippen molar-refractivity contribution in [2.45, 2.75) is 25.9 Å². The molecule has 2 aromatic heterocycles. The van der Waals surface area contributed by atoms with Crippen LogP contribution in [0.25, 0.3) is 0 Å². The van der Waals surface area contributed by atoms with Gasteiger partial charge in [0.15, 0.2) is 0 Å². The lowest BCUT2D eigenvalue weighted by atomic mass is 10.2. The van der Waals surface area contributed by atoms with Crippen molar-refractivity contribution < 1.29 is 4.79 Å². The topological polar surface area (TPSA) is 84.7 Å². The van der Waals surface area contributed by atoms with E-state index in [9.17, 15) is 4.79 Å². The van der Waals surface area contributed by atoms with Gasteiger partial charge < -0.3 is 5.32 Å². The summed E-state index contributed by atoms with van der Waals surface area (Å²) in [5.74, 6) is -0.128. The van der Waals surface area contributed by atoms with E-state index in [1.54, 1.807) is 11.7 Å². The summed E-state index contributed by atoms with van der Waals surface area (Å²) in [5, 5.41) is 17.9. The molecule has 0 saturated carbocycles. The Morgan fingerprint density at radius 1 is 1.53 bits per heavy atom. The fourth-order valence-corrected chi connectivity index (χ4v) is 2.03. The molecule has 2 heterocycles. The molecule has 19 heavy (non-hydrogen) atoms. The highest BCUT2D eigenvalue weighted by molar-refractivity contribution is 7.13. The maximum atomic E-state index is 11.7. The largest absolute Gasteiger partial charge is 0.304 e. The molecule has 0 bridgehead atoms. The number of rotatable bonds is 6. The monoisotopic (exact) mass is 280 g/mol. The minimum Gasteiger partial charge on any atom is -0.304 e. The number of hydrogen-bond donors (Lipinski definition) is 2. The Morgan fingerprint density at radius 2 is 2.37 bits per heavy atom. The van der Waals surface area contributed by atoms with Crippen molar-refractivity contribution in [3.63, 3.8) is 0 Å². The molecule has 102 valence electrons. The van der Waals surface area contributed by atoms with Crippen molar-refractivity contribution in [2.24, 2.45) is 0 Å². The zero-order chi connectivity index (χ0) is 13.7. The van der Waals surface area contributed by atoms with E-state index in [0.717, 1.165) is 0 Å². The van der Waals surface area contributed by atoms with Gasteiger partial charge in [0, 0.05) is 18.4 Å². The molecule has 2 aromatic rings. The highest BCUT2D eigenvalue weighted by Gasteiger charge is 2.15. The molecule has 1 amide bonds. The van der Waals surface area contributed by atoms with Gasteiger partial charge in [0.05, 0.1) is 12.6 Å². The molecule has 2 N–H and O–H groups in total. The zero-order valence-corrected chi connectivity index (χ0v) is 11.6. The highest BCUT2D eigenvalue weighted by Crippen LogP contribution is 2.09. The standard InChI is InChI=1S/C11H16N6OS/c1-8(9(2)17-5-3-4-14-17)12-6-10(18)15-11-16-13-7-19-11/h3-5,7-9,12H,6H2,1-2H3,(H,15,16,18)/t8-,9-/m0/s1. The van der Waals surface area contributed by atoms with Crippen molar-refractivity contribution in [3.05, 3.63) is 24.0 Å². The van der Waals surface area contributed by atoms with E-state index in [-0.39, 0.29) is 24.5 Å². The van der Waals surface area contributed by atoms with Crippen LogP contribution in [0, 0.1) is 0 Å². The lowest BCUT2D eigenvalue weighted by molar-refractivity contribution is -0.115. The molecule has 0 aliphatic rings. The summed E-state index contributed by atoms with van der Waals surface area (Å²) in [7, 11) is 0. The summed E-state index contributed by atoms with van der Waals surface area (Å²) in [6.07, 6.45) is 3.65. The van der Waals surface area contributed by atoms with Crippen LogP contribution < -0.4 is 10.6 Å². The van der Waals surface area contributed by atoms with Gasteiger partial charge in [0.25, 0.3) is 0 Å². The zero-order valence-electron chi connectivity index (χ0n) is 10.8. The van der Waals surface area contributed by atoms with Gasteiger partial charge in [-0.3, -0.25) is 14.8 Å². The van der Waals surface area contributed by atoms with E-state index in [2.05, 4.69) is 25.9 Å². The molecule has 0 radical (unpaired) electrons.